The van der Waals surface area contributed by atoms with Gasteiger partial charge in [-0.15, -0.1) is 0 Å². The van der Waals surface area contributed by atoms with E-state index >= 15 is 0 Å². The molecule has 0 atom stereocenters. The summed E-state index contributed by atoms with van der Waals surface area (Å²) in [5.41, 5.74) is 4.39. The zero-order chi connectivity index (χ0) is 18.4. The molecular formula is C20H19Cl2NO2. The maximum atomic E-state index is 11.4. The first kappa shape index (κ1) is 17.8. The maximum absolute atomic E-state index is 11.4. The summed E-state index contributed by atoms with van der Waals surface area (Å²) in [5, 5.41) is 11.2. The summed E-state index contributed by atoms with van der Waals surface area (Å²) >= 11 is 12.1. The van der Waals surface area contributed by atoms with Crippen molar-refractivity contribution in [1.82, 2.24) is 4.98 Å². The second-order valence-corrected chi connectivity index (χ2v) is 8.00. The smallest absolute Gasteiger partial charge is 0.307 e. The molecule has 0 unspecified atom stereocenters. The minimum atomic E-state index is -0.872. The van der Waals surface area contributed by atoms with Gasteiger partial charge in [-0.3, -0.25) is 4.79 Å². The monoisotopic (exact) mass is 375 g/mol. The van der Waals surface area contributed by atoms with E-state index in [1.54, 1.807) is 12.1 Å². The Bertz CT molecular complexity index is 968. The SMILES string of the molecule is CC(C)(C)c1ccc2[nH]c(-c3ccc(Cl)c(Cl)c3)c(CC(=O)O)c2c1. The molecule has 0 amide bonds. The van der Waals surface area contributed by atoms with Crippen LogP contribution in [-0.4, -0.2) is 16.1 Å². The molecular weight excluding hydrogens is 357 g/mol. The molecule has 3 aromatic rings. The van der Waals surface area contributed by atoms with Crippen molar-refractivity contribution in [2.24, 2.45) is 0 Å². The molecule has 2 aromatic carbocycles. The highest BCUT2D eigenvalue weighted by molar-refractivity contribution is 6.42. The number of H-pyrrole nitrogens is 1. The molecule has 25 heavy (non-hydrogen) atoms. The van der Waals surface area contributed by atoms with Crippen molar-refractivity contribution >= 4 is 40.1 Å². The Balaban J connectivity index is 2.27. The summed E-state index contributed by atoms with van der Waals surface area (Å²) in [6.07, 6.45) is -0.0663. The van der Waals surface area contributed by atoms with E-state index in [0.29, 0.717) is 10.0 Å². The third-order valence-corrected chi connectivity index (χ3v) is 5.05. The number of halogens is 2. The van der Waals surface area contributed by atoms with Crippen LogP contribution >= 0.6 is 23.2 Å². The van der Waals surface area contributed by atoms with E-state index in [-0.39, 0.29) is 11.8 Å². The number of hydrogen-bond donors (Lipinski definition) is 2. The largest absolute Gasteiger partial charge is 0.481 e. The van der Waals surface area contributed by atoms with Crippen molar-refractivity contribution in [3.05, 3.63) is 57.6 Å². The Labute approximate surface area is 156 Å². The van der Waals surface area contributed by atoms with Crippen LogP contribution in [0.4, 0.5) is 0 Å². The third-order valence-electron chi connectivity index (χ3n) is 4.31. The summed E-state index contributed by atoms with van der Waals surface area (Å²) in [6.45, 7) is 6.41. The number of fused-ring (bicyclic) bond motifs is 1. The molecule has 2 N–H and O–H groups in total. The number of benzene rings is 2. The summed E-state index contributed by atoms with van der Waals surface area (Å²) < 4.78 is 0. The van der Waals surface area contributed by atoms with Crippen molar-refractivity contribution in [2.75, 3.05) is 0 Å². The van der Waals surface area contributed by atoms with Crippen molar-refractivity contribution in [1.29, 1.82) is 0 Å². The molecule has 0 saturated heterocycles. The summed E-state index contributed by atoms with van der Waals surface area (Å²) in [6, 6.07) is 11.5. The third kappa shape index (κ3) is 3.53. The number of hydrogen-bond acceptors (Lipinski definition) is 1. The number of carbonyl (C=O) groups is 1. The van der Waals surface area contributed by atoms with Gasteiger partial charge >= 0.3 is 5.97 Å². The average Bonchev–Trinajstić information content (AvgIpc) is 2.86. The van der Waals surface area contributed by atoms with Gasteiger partial charge in [0.15, 0.2) is 0 Å². The molecule has 5 heteroatoms. The minimum absolute atomic E-state index is 0.0182. The maximum Gasteiger partial charge on any atom is 0.307 e. The van der Waals surface area contributed by atoms with Crippen molar-refractivity contribution in [3.63, 3.8) is 0 Å². The lowest BCUT2D eigenvalue weighted by molar-refractivity contribution is -0.136. The first-order valence-electron chi connectivity index (χ1n) is 7.99. The molecule has 0 radical (unpaired) electrons. The molecule has 0 fully saturated rings. The number of aromatic nitrogens is 1. The summed E-state index contributed by atoms with van der Waals surface area (Å²) in [5.74, 6) is -0.872. The molecule has 0 aliphatic heterocycles. The lowest BCUT2D eigenvalue weighted by Crippen LogP contribution is -2.10. The fourth-order valence-electron chi connectivity index (χ4n) is 2.95. The Morgan fingerprint density at radius 1 is 1.08 bits per heavy atom. The summed E-state index contributed by atoms with van der Waals surface area (Å²) in [4.78, 5) is 14.8. The summed E-state index contributed by atoms with van der Waals surface area (Å²) in [7, 11) is 0. The molecule has 130 valence electrons. The van der Waals surface area contributed by atoms with Gasteiger partial charge in [-0.1, -0.05) is 56.1 Å². The number of nitrogens with one attached hydrogen (secondary N) is 1. The van der Waals surface area contributed by atoms with Crippen LogP contribution in [0.3, 0.4) is 0 Å². The van der Waals surface area contributed by atoms with E-state index in [1.807, 2.05) is 12.1 Å². The fourth-order valence-corrected chi connectivity index (χ4v) is 3.25. The second-order valence-electron chi connectivity index (χ2n) is 7.19. The molecule has 1 aromatic heterocycles. The minimum Gasteiger partial charge on any atom is -0.481 e. The van der Waals surface area contributed by atoms with Gasteiger partial charge in [-0.05, 0) is 46.4 Å². The average molecular weight is 376 g/mol. The van der Waals surface area contributed by atoms with Crippen LogP contribution in [0.25, 0.3) is 22.2 Å². The van der Waals surface area contributed by atoms with Crippen LogP contribution in [0.5, 0.6) is 0 Å². The standard InChI is InChI=1S/C20H19Cl2NO2/c1-20(2,3)12-5-7-17-13(9-12)14(10-18(24)25)19(23-17)11-4-6-15(21)16(22)8-11/h4-9,23H,10H2,1-3H3,(H,24,25). The quantitative estimate of drug-likeness (QED) is 0.583. The number of carboxylic acid groups (broad SMARTS) is 1. The van der Waals surface area contributed by atoms with Crippen LogP contribution in [0.2, 0.25) is 10.0 Å². The predicted octanol–water partition coefficient (Wildman–Crippen LogP) is 6.07. The molecule has 3 nitrogen and oxygen atoms in total. The van der Waals surface area contributed by atoms with E-state index in [0.717, 1.165) is 33.3 Å². The highest BCUT2D eigenvalue weighted by Gasteiger charge is 2.20. The van der Waals surface area contributed by atoms with Gasteiger partial charge in [0.25, 0.3) is 0 Å². The van der Waals surface area contributed by atoms with E-state index < -0.39 is 5.97 Å². The number of carboxylic acids is 1. The molecule has 0 aliphatic carbocycles. The highest BCUT2D eigenvalue weighted by Crippen LogP contribution is 2.36. The van der Waals surface area contributed by atoms with E-state index in [9.17, 15) is 9.90 Å². The van der Waals surface area contributed by atoms with E-state index in [4.69, 9.17) is 23.2 Å². The fraction of sp³-hybridized carbons (Fsp3) is 0.250. The van der Waals surface area contributed by atoms with Crippen molar-refractivity contribution in [2.45, 2.75) is 32.6 Å². The first-order valence-corrected chi connectivity index (χ1v) is 8.74. The van der Waals surface area contributed by atoms with Gasteiger partial charge in [0.2, 0.25) is 0 Å². The lowest BCUT2D eigenvalue weighted by atomic mass is 9.86. The van der Waals surface area contributed by atoms with Gasteiger partial charge in [0.05, 0.1) is 22.2 Å². The number of rotatable bonds is 3. The van der Waals surface area contributed by atoms with Gasteiger partial charge in [0, 0.05) is 10.9 Å². The van der Waals surface area contributed by atoms with E-state index in [2.05, 4.69) is 37.9 Å². The van der Waals surface area contributed by atoms with Gasteiger partial charge < -0.3 is 10.1 Å². The Kier molecular flexibility index (Phi) is 4.56. The van der Waals surface area contributed by atoms with Crippen LogP contribution in [-0.2, 0) is 16.6 Å². The number of aliphatic carboxylic acids is 1. The normalized spacial score (nSPS) is 11.9. The molecule has 0 saturated carbocycles. The molecule has 0 spiro atoms. The Morgan fingerprint density at radius 3 is 2.40 bits per heavy atom. The lowest BCUT2D eigenvalue weighted by Gasteiger charge is -2.19. The van der Waals surface area contributed by atoms with Crippen molar-refractivity contribution in [3.8, 4) is 11.3 Å². The van der Waals surface area contributed by atoms with Crippen molar-refractivity contribution < 1.29 is 9.90 Å². The topological polar surface area (TPSA) is 53.1 Å². The zero-order valence-corrected chi connectivity index (χ0v) is 15.8. The van der Waals surface area contributed by atoms with E-state index in [1.165, 1.54) is 0 Å². The molecule has 0 aliphatic rings. The predicted molar refractivity (Wildman–Crippen MR) is 104 cm³/mol. The first-order chi connectivity index (χ1) is 11.7. The second kappa shape index (κ2) is 6.40. The molecule has 3 rings (SSSR count). The van der Waals surface area contributed by atoms with Crippen LogP contribution in [0.15, 0.2) is 36.4 Å². The van der Waals surface area contributed by atoms with Crippen LogP contribution in [0.1, 0.15) is 31.9 Å². The van der Waals surface area contributed by atoms with Crippen LogP contribution < -0.4 is 0 Å². The van der Waals surface area contributed by atoms with Gasteiger partial charge in [0.1, 0.15) is 0 Å². The Morgan fingerprint density at radius 2 is 1.80 bits per heavy atom. The number of aromatic amines is 1. The highest BCUT2D eigenvalue weighted by atomic mass is 35.5. The van der Waals surface area contributed by atoms with Gasteiger partial charge in [-0.25, -0.2) is 0 Å². The van der Waals surface area contributed by atoms with Gasteiger partial charge in [-0.2, -0.15) is 0 Å². The molecule has 1 heterocycles. The Hall–Kier alpha value is -1.97. The zero-order valence-electron chi connectivity index (χ0n) is 14.3. The van der Waals surface area contributed by atoms with Crippen LogP contribution in [0, 0.1) is 0 Å². The molecule has 0 bridgehead atoms.